The van der Waals surface area contributed by atoms with Crippen LogP contribution in [0.1, 0.15) is 44.0 Å². The second kappa shape index (κ2) is 6.76. The highest BCUT2D eigenvalue weighted by Gasteiger charge is 2.13. The van der Waals surface area contributed by atoms with E-state index in [-0.39, 0.29) is 17.8 Å². The molecule has 2 aromatic rings. The lowest BCUT2D eigenvalue weighted by molar-refractivity contribution is 0.475. The van der Waals surface area contributed by atoms with Crippen molar-refractivity contribution in [1.29, 1.82) is 0 Å². The lowest BCUT2D eigenvalue weighted by Crippen LogP contribution is -2.30. The molecule has 4 heteroatoms. The van der Waals surface area contributed by atoms with Crippen LogP contribution in [0.3, 0.4) is 0 Å². The highest BCUT2D eigenvalue weighted by molar-refractivity contribution is 5.25. The smallest absolute Gasteiger partial charge is 0.312 e. The molecule has 0 saturated heterocycles. The first kappa shape index (κ1) is 15.6. The molecule has 0 bridgehead atoms. The maximum absolute atomic E-state index is 12.3. The van der Waals surface area contributed by atoms with Crippen molar-refractivity contribution in [2.75, 3.05) is 7.05 Å². The molecule has 0 spiro atoms. The van der Waals surface area contributed by atoms with Gasteiger partial charge in [0, 0.05) is 25.0 Å². The number of benzene rings is 1. The second-order valence-electron chi connectivity index (χ2n) is 5.67. The van der Waals surface area contributed by atoms with Crippen LogP contribution < -0.4 is 11.0 Å². The molecule has 0 saturated carbocycles. The zero-order valence-electron chi connectivity index (χ0n) is 13.3. The summed E-state index contributed by atoms with van der Waals surface area (Å²) in [7, 11) is 1.93. The molecule has 0 amide bonds. The van der Waals surface area contributed by atoms with E-state index >= 15 is 0 Å². The van der Waals surface area contributed by atoms with Crippen LogP contribution in [0.4, 0.5) is 0 Å². The van der Waals surface area contributed by atoms with Gasteiger partial charge in [-0.15, -0.1) is 0 Å². The van der Waals surface area contributed by atoms with Crippen molar-refractivity contribution in [3.63, 3.8) is 0 Å². The van der Waals surface area contributed by atoms with Gasteiger partial charge in [0.15, 0.2) is 0 Å². The van der Waals surface area contributed by atoms with Crippen molar-refractivity contribution in [3.8, 4) is 0 Å². The van der Waals surface area contributed by atoms with E-state index in [9.17, 15) is 4.79 Å². The first-order valence-electron chi connectivity index (χ1n) is 7.60. The lowest BCUT2D eigenvalue weighted by Gasteiger charge is -2.17. The summed E-state index contributed by atoms with van der Waals surface area (Å²) in [6.45, 7) is 6.83. The Morgan fingerprint density at radius 3 is 2.29 bits per heavy atom. The van der Waals surface area contributed by atoms with Crippen molar-refractivity contribution in [1.82, 2.24) is 14.5 Å². The predicted molar refractivity (Wildman–Crippen MR) is 86.7 cm³/mol. The van der Waals surface area contributed by atoms with Crippen molar-refractivity contribution in [2.24, 2.45) is 0 Å². The minimum Gasteiger partial charge on any atom is -0.312 e. The Labute approximate surface area is 126 Å². The Balaban J connectivity index is 2.20. The Bertz CT molecular complexity index is 622. The first-order valence-corrected chi connectivity index (χ1v) is 7.60. The number of hydrogen-bond acceptors (Lipinski definition) is 2. The first-order chi connectivity index (χ1) is 10.1. The number of nitrogens with one attached hydrogen (secondary N) is 1. The molecule has 1 aromatic carbocycles. The molecule has 4 nitrogen and oxygen atoms in total. The summed E-state index contributed by atoms with van der Waals surface area (Å²) < 4.78 is 3.53. The number of likely N-dealkylation sites (N-methyl/N-ethyl adjacent to an activating group) is 1. The van der Waals surface area contributed by atoms with Crippen molar-refractivity contribution >= 4 is 0 Å². The average molecular weight is 287 g/mol. The molecule has 1 unspecified atom stereocenters. The van der Waals surface area contributed by atoms with Gasteiger partial charge in [-0.1, -0.05) is 31.2 Å². The normalized spacial score (nSPS) is 12.8. The molecule has 21 heavy (non-hydrogen) atoms. The Morgan fingerprint density at radius 1 is 1.14 bits per heavy atom. The minimum atomic E-state index is 0.0513. The van der Waals surface area contributed by atoms with E-state index < -0.39 is 0 Å². The third kappa shape index (κ3) is 3.45. The number of hydrogen-bond donors (Lipinski definition) is 1. The van der Waals surface area contributed by atoms with Crippen LogP contribution in [-0.4, -0.2) is 16.2 Å². The van der Waals surface area contributed by atoms with Gasteiger partial charge in [0.25, 0.3) is 0 Å². The molecule has 1 N–H and O–H groups in total. The van der Waals surface area contributed by atoms with E-state index in [4.69, 9.17) is 0 Å². The number of aromatic nitrogens is 2. The van der Waals surface area contributed by atoms with Crippen LogP contribution in [0.2, 0.25) is 0 Å². The van der Waals surface area contributed by atoms with Crippen LogP contribution >= 0.6 is 0 Å². The number of aryl methyl sites for hydroxylation is 1. The van der Waals surface area contributed by atoms with E-state index in [2.05, 4.69) is 36.5 Å². The molecule has 1 heterocycles. The fourth-order valence-electron chi connectivity index (χ4n) is 2.51. The van der Waals surface area contributed by atoms with Crippen LogP contribution in [0.25, 0.3) is 0 Å². The van der Waals surface area contributed by atoms with Crippen LogP contribution in [0.15, 0.2) is 41.5 Å². The third-order valence-electron chi connectivity index (χ3n) is 3.95. The SMILES string of the molecule is CCc1ccc(C(Cn2ccn(C(C)C)c2=O)NC)cc1. The Hall–Kier alpha value is -1.81. The topological polar surface area (TPSA) is 39.0 Å². The van der Waals surface area contributed by atoms with Gasteiger partial charge in [0.1, 0.15) is 0 Å². The molecule has 1 aromatic heterocycles. The minimum absolute atomic E-state index is 0.0513. The summed E-state index contributed by atoms with van der Waals surface area (Å²) >= 11 is 0. The molecular weight excluding hydrogens is 262 g/mol. The van der Waals surface area contributed by atoms with Gasteiger partial charge >= 0.3 is 5.69 Å². The van der Waals surface area contributed by atoms with Gasteiger partial charge in [-0.25, -0.2) is 4.79 Å². The molecule has 1 atom stereocenters. The molecule has 0 radical (unpaired) electrons. The van der Waals surface area contributed by atoms with Crippen LogP contribution in [0, 0.1) is 0 Å². The average Bonchev–Trinajstić information content (AvgIpc) is 2.86. The van der Waals surface area contributed by atoms with Crippen LogP contribution in [0.5, 0.6) is 0 Å². The lowest BCUT2D eigenvalue weighted by atomic mass is 10.0. The van der Waals surface area contributed by atoms with E-state index in [1.165, 1.54) is 11.1 Å². The molecule has 0 fully saturated rings. The van der Waals surface area contributed by atoms with Crippen molar-refractivity contribution in [2.45, 2.75) is 45.8 Å². The molecule has 2 rings (SSSR count). The fourth-order valence-corrected chi connectivity index (χ4v) is 2.51. The Kier molecular flexibility index (Phi) is 5.02. The van der Waals surface area contributed by atoms with E-state index in [1.54, 1.807) is 9.13 Å². The second-order valence-corrected chi connectivity index (χ2v) is 5.67. The van der Waals surface area contributed by atoms with Gasteiger partial charge in [-0.3, -0.25) is 9.13 Å². The van der Waals surface area contributed by atoms with Gasteiger partial charge in [-0.05, 0) is 38.4 Å². The van der Waals surface area contributed by atoms with Crippen LogP contribution in [-0.2, 0) is 13.0 Å². The number of imidazole rings is 1. The van der Waals surface area contributed by atoms with Crippen molar-refractivity contribution < 1.29 is 0 Å². The molecule has 0 aliphatic rings. The third-order valence-corrected chi connectivity index (χ3v) is 3.95. The summed E-state index contributed by atoms with van der Waals surface area (Å²) in [5, 5.41) is 3.30. The maximum Gasteiger partial charge on any atom is 0.328 e. The molecule has 0 aliphatic carbocycles. The molecule has 0 aliphatic heterocycles. The zero-order chi connectivity index (χ0) is 15.4. The summed E-state index contributed by atoms with van der Waals surface area (Å²) in [6, 6.07) is 8.92. The number of nitrogens with zero attached hydrogens (tertiary/aromatic N) is 2. The van der Waals surface area contributed by atoms with E-state index in [1.807, 2.05) is 33.3 Å². The quantitative estimate of drug-likeness (QED) is 0.887. The fraction of sp³-hybridized carbons (Fsp3) is 0.471. The predicted octanol–water partition coefficient (Wildman–Crippen LogP) is 2.75. The van der Waals surface area contributed by atoms with Gasteiger partial charge in [-0.2, -0.15) is 0 Å². The number of rotatable bonds is 6. The van der Waals surface area contributed by atoms with Crippen molar-refractivity contribution in [3.05, 3.63) is 58.3 Å². The zero-order valence-corrected chi connectivity index (χ0v) is 13.3. The van der Waals surface area contributed by atoms with E-state index in [0.29, 0.717) is 6.54 Å². The largest absolute Gasteiger partial charge is 0.328 e. The molecular formula is C17H25N3O. The van der Waals surface area contributed by atoms with Gasteiger partial charge in [0.05, 0.1) is 6.04 Å². The summed E-state index contributed by atoms with van der Waals surface area (Å²) in [5.74, 6) is 0. The monoisotopic (exact) mass is 287 g/mol. The highest BCUT2D eigenvalue weighted by atomic mass is 16.1. The van der Waals surface area contributed by atoms with Gasteiger partial charge < -0.3 is 5.32 Å². The van der Waals surface area contributed by atoms with E-state index in [0.717, 1.165) is 6.42 Å². The summed E-state index contributed by atoms with van der Waals surface area (Å²) in [4.78, 5) is 12.3. The Morgan fingerprint density at radius 2 is 1.81 bits per heavy atom. The maximum atomic E-state index is 12.3. The summed E-state index contributed by atoms with van der Waals surface area (Å²) in [6.07, 6.45) is 4.77. The molecule has 114 valence electrons. The van der Waals surface area contributed by atoms with Gasteiger partial charge in [0.2, 0.25) is 0 Å². The highest BCUT2D eigenvalue weighted by Crippen LogP contribution is 2.16. The summed E-state index contributed by atoms with van der Waals surface area (Å²) in [5.41, 5.74) is 2.59. The standard InChI is InChI=1S/C17H25N3O/c1-5-14-6-8-15(9-7-14)16(18-4)12-19-10-11-20(13(2)3)17(19)21/h6-11,13,16,18H,5,12H2,1-4H3.